The Morgan fingerprint density at radius 2 is 2.21 bits per heavy atom. The van der Waals surface area contributed by atoms with Crippen molar-refractivity contribution in [2.45, 2.75) is 45.2 Å². The van der Waals surface area contributed by atoms with Crippen molar-refractivity contribution in [3.8, 4) is 0 Å². The second kappa shape index (κ2) is 5.31. The zero-order valence-corrected chi connectivity index (χ0v) is 11.5. The molecule has 1 heterocycles. The molecular weight excluding hydrogens is 236 g/mol. The lowest BCUT2D eigenvalue weighted by Gasteiger charge is -2.15. The van der Waals surface area contributed by atoms with Crippen LogP contribution in [0.5, 0.6) is 0 Å². The number of imidazole rings is 1. The maximum Gasteiger partial charge on any atom is 0.111 e. The highest BCUT2D eigenvalue weighted by Gasteiger charge is 2.26. The third kappa shape index (κ3) is 2.65. The number of nitrogens with two attached hydrogens (primary N) is 1. The summed E-state index contributed by atoms with van der Waals surface area (Å²) in [5.41, 5.74) is 5.27. The number of rotatable bonds is 6. The second-order valence-electron chi connectivity index (χ2n) is 5.51. The fraction of sp³-hybridized carbons (Fsp3) is 0.533. The van der Waals surface area contributed by atoms with E-state index in [1.807, 2.05) is 6.07 Å². The zero-order valence-electron chi connectivity index (χ0n) is 11.5. The Hall–Kier alpha value is -1.39. The van der Waals surface area contributed by atoms with Crippen LogP contribution in [0.1, 0.15) is 32.0 Å². The normalized spacial score (nSPS) is 16.9. The molecule has 3 rings (SSSR count). The zero-order chi connectivity index (χ0) is 13.2. The molecule has 0 radical (unpaired) electrons. The molecule has 1 aliphatic rings. The largest absolute Gasteiger partial charge is 0.328 e. The van der Waals surface area contributed by atoms with Gasteiger partial charge in [0.25, 0.3) is 0 Å². The molecule has 4 nitrogen and oxygen atoms in total. The van der Waals surface area contributed by atoms with Gasteiger partial charge in [-0.2, -0.15) is 0 Å². The Kier molecular flexibility index (Phi) is 3.53. The summed E-state index contributed by atoms with van der Waals surface area (Å²) in [6.45, 7) is 3.12. The Morgan fingerprint density at radius 1 is 1.42 bits per heavy atom. The number of hydrogen-bond acceptors (Lipinski definition) is 3. The summed E-state index contributed by atoms with van der Waals surface area (Å²) in [5.74, 6) is 7.72. The van der Waals surface area contributed by atoms with Crippen LogP contribution >= 0.6 is 0 Å². The fourth-order valence-electron chi connectivity index (χ4n) is 2.82. The van der Waals surface area contributed by atoms with Crippen LogP contribution in [0, 0.1) is 5.92 Å². The molecule has 1 saturated carbocycles. The summed E-state index contributed by atoms with van der Waals surface area (Å²) in [7, 11) is 0. The van der Waals surface area contributed by atoms with E-state index in [1.165, 1.54) is 24.8 Å². The summed E-state index contributed by atoms with van der Waals surface area (Å²) in [6.07, 6.45) is 4.81. The molecule has 1 aliphatic carbocycles. The number of para-hydroxylation sites is 2. The number of aryl methyl sites for hydroxylation is 1. The number of benzene rings is 1. The van der Waals surface area contributed by atoms with E-state index in [0.29, 0.717) is 6.04 Å². The summed E-state index contributed by atoms with van der Waals surface area (Å²) >= 11 is 0. The molecule has 0 amide bonds. The number of nitrogens with zero attached hydrogens (tertiary/aromatic N) is 2. The van der Waals surface area contributed by atoms with Gasteiger partial charge in [-0.15, -0.1) is 0 Å². The summed E-state index contributed by atoms with van der Waals surface area (Å²) < 4.78 is 2.30. The third-order valence-electron chi connectivity index (χ3n) is 4.03. The van der Waals surface area contributed by atoms with Gasteiger partial charge < -0.3 is 4.57 Å². The summed E-state index contributed by atoms with van der Waals surface area (Å²) in [5, 5.41) is 0. The van der Waals surface area contributed by atoms with Crippen molar-refractivity contribution in [1.29, 1.82) is 0 Å². The molecule has 0 bridgehead atoms. The molecule has 19 heavy (non-hydrogen) atoms. The highest BCUT2D eigenvalue weighted by atomic mass is 15.2. The lowest BCUT2D eigenvalue weighted by Crippen LogP contribution is -2.37. The van der Waals surface area contributed by atoms with Crippen LogP contribution in [0.4, 0.5) is 0 Å². The fourth-order valence-corrected chi connectivity index (χ4v) is 2.82. The number of fused-ring (bicyclic) bond motifs is 1. The lowest BCUT2D eigenvalue weighted by atomic mass is 10.1. The molecule has 102 valence electrons. The molecule has 1 atom stereocenters. The van der Waals surface area contributed by atoms with Gasteiger partial charge in [-0.25, -0.2) is 4.98 Å². The van der Waals surface area contributed by atoms with Gasteiger partial charge in [0.1, 0.15) is 5.82 Å². The highest BCUT2D eigenvalue weighted by Crippen LogP contribution is 2.34. The van der Waals surface area contributed by atoms with Gasteiger partial charge in [-0.3, -0.25) is 11.3 Å². The molecule has 0 saturated heterocycles. The van der Waals surface area contributed by atoms with Gasteiger partial charge in [-0.1, -0.05) is 25.0 Å². The Bertz CT molecular complexity index is 556. The molecule has 1 aromatic heterocycles. The van der Waals surface area contributed by atoms with Crippen molar-refractivity contribution in [3.63, 3.8) is 0 Å². The van der Waals surface area contributed by atoms with Crippen LogP contribution in [0.25, 0.3) is 11.0 Å². The van der Waals surface area contributed by atoms with Crippen molar-refractivity contribution in [3.05, 3.63) is 30.1 Å². The van der Waals surface area contributed by atoms with Crippen molar-refractivity contribution >= 4 is 11.0 Å². The van der Waals surface area contributed by atoms with Crippen molar-refractivity contribution in [1.82, 2.24) is 15.0 Å². The quantitative estimate of drug-likeness (QED) is 0.617. The van der Waals surface area contributed by atoms with Crippen molar-refractivity contribution < 1.29 is 0 Å². The number of hydrogen-bond donors (Lipinski definition) is 2. The van der Waals surface area contributed by atoms with E-state index in [0.717, 1.165) is 30.2 Å². The van der Waals surface area contributed by atoms with Crippen molar-refractivity contribution in [2.75, 3.05) is 0 Å². The smallest absolute Gasteiger partial charge is 0.111 e. The molecule has 0 spiro atoms. The highest BCUT2D eigenvalue weighted by molar-refractivity contribution is 5.75. The van der Waals surface area contributed by atoms with Crippen LogP contribution in [0.3, 0.4) is 0 Å². The first kappa shape index (κ1) is 12.6. The SMILES string of the molecule is CCn1c(CC(CC2CC2)NN)nc2ccccc21. The van der Waals surface area contributed by atoms with E-state index in [4.69, 9.17) is 10.8 Å². The summed E-state index contributed by atoms with van der Waals surface area (Å²) in [6, 6.07) is 8.68. The molecule has 4 heteroatoms. The predicted octanol–water partition coefficient (Wildman–Crippen LogP) is 2.23. The van der Waals surface area contributed by atoms with Crippen LogP contribution in [0.2, 0.25) is 0 Å². The standard InChI is InChI=1S/C15H22N4/c1-2-19-14-6-4-3-5-13(14)17-15(19)10-12(18-16)9-11-7-8-11/h3-6,11-12,18H,2,7-10,16H2,1H3. The van der Waals surface area contributed by atoms with E-state index in [9.17, 15) is 0 Å². The number of nitrogens with one attached hydrogen (secondary N) is 1. The second-order valence-corrected chi connectivity index (χ2v) is 5.51. The minimum absolute atomic E-state index is 0.342. The predicted molar refractivity (Wildman–Crippen MR) is 77.6 cm³/mol. The molecular formula is C15H22N4. The van der Waals surface area contributed by atoms with E-state index in [-0.39, 0.29) is 0 Å². The Morgan fingerprint density at radius 3 is 2.89 bits per heavy atom. The van der Waals surface area contributed by atoms with Crippen LogP contribution in [-0.2, 0) is 13.0 Å². The van der Waals surface area contributed by atoms with E-state index >= 15 is 0 Å². The van der Waals surface area contributed by atoms with Gasteiger partial charge in [-0.05, 0) is 31.4 Å². The van der Waals surface area contributed by atoms with Crippen LogP contribution in [-0.4, -0.2) is 15.6 Å². The molecule has 2 aromatic rings. The first-order chi connectivity index (χ1) is 9.31. The van der Waals surface area contributed by atoms with Gasteiger partial charge in [0.05, 0.1) is 11.0 Å². The van der Waals surface area contributed by atoms with Crippen LogP contribution in [0.15, 0.2) is 24.3 Å². The maximum atomic E-state index is 5.70. The lowest BCUT2D eigenvalue weighted by molar-refractivity contribution is 0.451. The van der Waals surface area contributed by atoms with Gasteiger partial charge in [0.2, 0.25) is 0 Å². The maximum absolute atomic E-state index is 5.70. The van der Waals surface area contributed by atoms with Gasteiger partial charge in [0.15, 0.2) is 0 Å². The molecule has 1 aromatic carbocycles. The first-order valence-electron chi connectivity index (χ1n) is 7.22. The van der Waals surface area contributed by atoms with Gasteiger partial charge in [0, 0.05) is 19.0 Å². The number of hydrazine groups is 1. The van der Waals surface area contributed by atoms with Crippen LogP contribution < -0.4 is 11.3 Å². The van der Waals surface area contributed by atoms with Crippen molar-refractivity contribution in [2.24, 2.45) is 11.8 Å². The Labute approximate surface area is 114 Å². The van der Waals surface area contributed by atoms with E-state index in [2.05, 4.69) is 35.1 Å². The van der Waals surface area contributed by atoms with E-state index < -0.39 is 0 Å². The molecule has 1 fully saturated rings. The average molecular weight is 258 g/mol. The topological polar surface area (TPSA) is 55.9 Å². The molecule has 1 unspecified atom stereocenters. The molecule has 0 aliphatic heterocycles. The minimum Gasteiger partial charge on any atom is -0.328 e. The average Bonchev–Trinajstić information content (AvgIpc) is 3.17. The molecule has 3 N–H and O–H groups in total. The first-order valence-corrected chi connectivity index (χ1v) is 7.22. The monoisotopic (exact) mass is 258 g/mol. The minimum atomic E-state index is 0.342. The summed E-state index contributed by atoms with van der Waals surface area (Å²) in [4.78, 5) is 4.77. The number of aromatic nitrogens is 2. The van der Waals surface area contributed by atoms with E-state index in [1.54, 1.807) is 0 Å². The Balaban J connectivity index is 1.85. The van der Waals surface area contributed by atoms with Gasteiger partial charge >= 0.3 is 0 Å². The third-order valence-corrected chi connectivity index (χ3v) is 4.03.